The number of aliphatic carboxylic acids is 1. The number of urea groups is 1. The Balaban J connectivity index is 1.27. The number of fused-ring (bicyclic) bond motifs is 2. The maximum absolute atomic E-state index is 12.2. The van der Waals surface area contributed by atoms with Crippen LogP contribution in [0.4, 0.5) is 10.6 Å². The molecule has 222 valence electrons. The zero-order chi connectivity index (χ0) is 29.8. The molecular formula is C30H30N6O7. The van der Waals surface area contributed by atoms with Crippen LogP contribution in [-0.2, 0) is 25.4 Å². The predicted molar refractivity (Wildman–Crippen MR) is 154 cm³/mol. The molecule has 6 rings (SSSR count). The molecule has 0 spiro atoms. The molecule has 2 fully saturated rings. The van der Waals surface area contributed by atoms with Crippen LogP contribution >= 0.6 is 0 Å². The molecule has 3 N–H and O–H groups in total. The molecule has 2 aromatic heterocycles. The molecule has 0 bridgehead atoms. The van der Waals surface area contributed by atoms with E-state index in [1.807, 2.05) is 49.4 Å². The number of carboxylic acids is 1. The average molecular weight is 587 g/mol. The van der Waals surface area contributed by atoms with E-state index >= 15 is 0 Å². The van der Waals surface area contributed by atoms with Crippen LogP contribution in [0, 0.1) is 0 Å². The van der Waals surface area contributed by atoms with E-state index in [4.69, 9.17) is 18.9 Å². The Hall–Kier alpha value is -4.85. The molecular weight excluding hydrogens is 556 g/mol. The van der Waals surface area contributed by atoms with Crippen LogP contribution in [-0.4, -0.2) is 74.4 Å². The van der Waals surface area contributed by atoms with Gasteiger partial charge in [-0.1, -0.05) is 54.6 Å². The topological polar surface area (TPSA) is 159 Å². The predicted octanol–water partition coefficient (Wildman–Crippen LogP) is 3.39. The van der Waals surface area contributed by atoms with Crippen molar-refractivity contribution in [3.63, 3.8) is 0 Å². The Morgan fingerprint density at radius 1 is 1.02 bits per heavy atom. The van der Waals surface area contributed by atoms with Gasteiger partial charge in [0.15, 0.2) is 29.5 Å². The zero-order valence-electron chi connectivity index (χ0n) is 23.2. The summed E-state index contributed by atoms with van der Waals surface area (Å²) in [6.45, 7) is 2.35. The molecule has 4 aromatic rings. The molecule has 2 aliphatic rings. The van der Waals surface area contributed by atoms with Crippen LogP contribution in [0.15, 0.2) is 73.3 Å². The summed E-state index contributed by atoms with van der Waals surface area (Å²) in [4.78, 5) is 36.6. The fourth-order valence-electron chi connectivity index (χ4n) is 5.13. The molecule has 2 aromatic carbocycles. The normalized spacial score (nSPS) is 23.0. The summed E-state index contributed by atoms with van der Waals surface area (Å²) in [7, 11) is 0. The van der Waals surface area contributed by atoms with E-state index in [2.05, 4.69) is 25.6 Å². The van der Waals surface area contributed by atoms with Crippen LogP contribution in [0.2, 0.25) is 0 Å². The highest BCUT2D eigenvalue weighted by molar-refractivity contribution is 5.95. The number of carboxylic acid groups (broad SMARTS) is 1. The molecule has 2 aliphatic heterocycles. The molecule has 2 saturated heterocycles. The van der Waals surface area contributed by atoms with Gasteiger partial charge in [-0.05, 0) is 24.6 Å². The van der Waals surface area contributed by atoms with Crippen molar-refractivity contribution in [3.05, 3.63) is 84.5 Å². The number of ether oxygens (including phenoxy) is 4. The van der Waals surface area contributed by atoms with Crippen molar-refractivity contribution in [1.82, 2.24) is 24.8 Å². The van der Waals surface area contributed by atoms with Crippen molar-refractivity contribution < 1.29 is 33.6 Å². The molecule has 43 heavy (non-hydrogen) atoms. The van der Waals surface area contributed by atoms with Gasteiger partial charge in [0.25, 0.3) is 0 Å². The molecule has 0 aliphatic carbocycles. The first-order valence-electron chi connectivity index (χ1n) is 13.8. The zero-order valence-corrected chi connectivity index (χ0v) is 23.2. The van der Waals surface area contributed by atoms with Crippen molar-refractivity contribution in [2.24, 2.45) is 0 Å². The second-order valence-electron chi connectivity index (χ2n) is 9.92. The maximum atomic E-state index is 12.2. The van der Waals surface area contributed by atoms with Gasteiger partial charge >= 0.3 is 12.0 Å². The van der Waals surface area contributed by atoms with Crippen molar-refractivity contribution >= 4 is 35.1 Å². The van der Waals surface area contributed by atoms with Crippen LogP contribution in [0.3, 0.4) is 0 Å². The fraction of sp³-hybridized carbons (Fsp3) is 0.300. The number of nitrogens with zero attached hydrogens (tertiary/aromatic N) is 4. The Kier molecular flexibility index (Phi) is 8.27. The van der Waals surface area contributed by atoms with Gasteiger partial charge in [-0.25, -0.2) is 19.7 Å². The number of anilines is 1. The summed E-state index contributed by atoms with van der Waals surface area (Å²) in [6.07, 6.45) is 3.50. The number of nitrogens with one attached hydrogen (secondary N) is 2. The average Bonchev–Trinajstić information content (AvgIpc) is 3.70. The molecule has 13 heteroatoms. The smallest absolute Gasteiger partial charge is 0.320 e. The van der Waals surface area contributed by atoms with Gasteiger partial charge in [0, 0.05) is 12.1 Å². The number of rotatable bonds is 10. The number of aromatic nitrogens is 4. The Morgan fingerprint density at radius 2 is 1.81 bits per heavy atom. The number of para-hydroxylation sites is 1. The lowest BCUT2D eigenvalue weighted by atomic mass is 10.1. The van der Waals surface area contributed by atoms with Gasteiger partial charge in [-0.2, -0.15) is 0 Å². The van der Waals surface area contributed by atoms with Crippen LogP contribution in [0.1, 0.15) is 24.3 Å². The number of hydrogen-bond donors (Lipinski definition) is 3. The fourth-order valence-corrected chi connectivity index (χ4v) is 5.13. The molecule has 13 nitrogen and oxygen atoms in total. The summed E-state index contributed by atoms with van der Waals surface area (Å²) >= 11 is 0. The first kappa shape index (κ1) is 28.3. The maximum Gasteiger partial charge on any atom is 0.320 e. The number of amides is 2. The minimum Gasteiger partial charge on any atom is -0.490 e. The third-order valence-electron chi connectivity index (χ3n) is 7.03. The van der Waals surface area contributed by atoms with Gasteiger partial charge in [0.05, 0.1) is 12.7 Å². The monoisotopic (exact) mass is 586 g/mol. The largest absolute Gasteiger partial charge is 0.490 e. The molecule has 4 heterocycles. The summed E-state index contributed by atoms with van der Waals surface area (Å²) in [5.74, 6) is -0.245. The van der Waals surface area contributed by atoms with Crippen molar-refractivity contribution in [2.45, 2.75) is 44.2 Å². The second kappa shape index (κ2) is 12.6. The number of carbonyl (C=O) groups excluding carboxylic acids is 1. The van der Waals surface area contributed by atoms with E-state index in [9.17, 15) is 14.7 Å². The van der Waals surface area contributed by atoms with Crippen LogP contribution in [0.5, 0.6) is 5.75 Å². The lowest BCUT2D eigenvalue weighted by Crippen LogP contribution is -2.33. The number of carbonyl (C=O) groups is 2. The lowest BCUT2D eigenvalue weighted by Gasteiger charge is -2.21. The van der Waals surface area contributed by atoms with E-state index in [-0.39, 0.29) is 18.8 Å². The summed E-state index contributed by atoms with van der Waals surface area (Å²) < 4.78 is 26.9. The molecule has 5 atom stereocenters. The Bertz CT molecular complexity index is 1630. The standard InChI is InChI=1S/C30H30N6O7/c1-2-31-30(39)35-27-24-28(33-16-32-27)36(17-34-24)29-26-25(42-23(43-26)13-12-18-8-4-3-5-9-18)21(41-29)15-40-20-11-7-6-10-19(20)14-22(37)38/h3-13,16-17,21,23,25-26,29H,2,14-15H2,1H3,(H,37,38)(H2,31,32,33,35,39)/t21?,23-,25?,26?,29?/m0/s1. The highest BCUT2D eigenvalue weighted by Crippen LogP contribution is 2.41. The quantitative estimate of drug-likeness (QED) is 0.251. The number of hydrogen-bond acceptors (Lipinski definition) is 9. The first-order valence-corrected chi connectivity index (χ1v) is 13.8. The van der Waals surface area contributed by atoms with E-state index in [1.54, 1.807) is 35.2 Å². The Labute approximate surface area is 246 Å². The SMILES string of the molecule is CCNC(=O)Nc1ncnc2c1ncn2C1OC(COc2ccccc2CC(=O)O)C2O[C@H](C=Cc3ccccc3)OC21. The first-order chi connectivity index (χ1) is 21.0. The Morgan fingerprint density at radius 3 is 2.63 bits per heavy atom. The molecule has 2 amide bonds. The third-order valence-corrected chi connectivity index (χ3v) is 7.03. The van der Waals surface area contributed by atoms with Crippen LogP contribution in [0.25, 0.3) is 17.2 Å². The number of imidazole rings is 1. The van der Waals surface area contributed by atoms with E-state index < -0.39 is 42.8 Å². The van der Waals surface area contributed by atoms with Crippen molar-refractivity contribution in [2.75, 3.05) is 18.5 Å². The molecule has 4 unspecified atom stereocenters. The minimum atomic E-state index is -0.955. The van der Waals surface area contributed by atoms with Gasteiger partial charge in [0.2, 0.25) is 0 Å². The third kappa shape index (κ3) is 6.18. The summed E-state index contributed by atoms with van der Waals surface area (Å²) in [6, 6.07) is 16.4. The summed E-state index contributed by atoms with van der Waals surface area (Å²) in [5.41, 5.74) is 2.37. The summed E-state index contributed by atoms with van der Waals surface area (Å²) in [5, 5.41) is 14.7. The van der Waals surface area contributed by atoms with Gasteiger partial charge in [-0.15, -0.1) is 0 Å². The van der Waals surface area contributed by atoms with E-state index in [1.165, 1.54) is 6.33 Å². The minimum absolute atomic E-state index is 0.0817. The van der Waals surface area contributed by atoms with Gasteiger partial charge in [0.1, 0.15) is 37.0 Å². The van der Waals surface area contributed by atoms with Crippen LogP contribution < -0.4 is 15.4 Å². The second-order valence-corrected chi connectivity index (χ2v) is 9.92. The highest BCUT2D eigenvalue weighted by Gasteiger charge is 2.53. The highest BCUT2D eigenvalue weighted by atomic mass is 16.8. The van der Waals surface area contributed by atoms with Gasteiger partial charge < -0.3 is 29.4 Å². The molecule has 0 radical (unpaired) electrons. The van der Waals surface area contributed by atoms with Crippen molar-refractivity contribution in [1.29, 1.82) is 0 Å². The number of benzene rings is 2. The van der Waals surface area contributed by atoms with E-state index in [0.29, 0.717) is 29.0 Å². The van der Waals surface area contributed by atoms with Gasteiger partial charge in [-0.3, -0.25) is 14.7 Å². The van der Waals surface area contributed by atoms with E-state index in [0.717, 1.165) is 5.56 Å². The molecule has 0 saturated carbocycles. The lowest BCUT2D eigenvalue weighted by molar-refractivity contribution is -0.136. The van der Waals surface area contributed by atoms with Crippen molar-refractivity contribution in [3.8, 4) is 5.75 Å².